The van der Waals surface area contributed by atoms with Crippen LogP contribution in [0, 0.1) is 0 Å². The van der Waals surface area contributed by atoms with E-state index < -0.39 is 0 Å². The highest BCUT2D eigenvalue weighted by Gasteiger charge is 2.05. The van der Waals surface area contributed by atoms with E-state index in [-0.39, 0.29) is 0 Å². The maximum Gasteiger partial charge on any atom is 0.182 e. The zero-order valence-corrected chi connectivity index (χ0v) is 15.4. The number of nitrogens with zero attached hydrogens (tertiary/aromatic N) is 4. The van der Waals surface area contributed by atoms with Crippen LogP contribution in [0.2, 0.25) is 0 Å². The van der Waals surface area contributed by atoms with Crippen LogP contribution in [0.5, 0.6) is 0 Å². The Balaban J connectivity index is 1.60. The Hall–Kier alpha value is -3.39. The number of anilines is 3. The van der Waals surface area contributed by atoms with E-state index in [2.05, 4.69) is 35.9 Å². The summed E-state index contributed by atoms with van der Waals surface area (Å²) in [5, 5.41) is 10.8. The topological polar surface area (TPSA) is 87.7 Å². The molecule has 0 unspecified atom stereocenters. The molecule has 3 aromatic heterocycles. The molecule has 1 aromatic carbocycles. The van der Waals surface area contributed by atoms with E-state index in [9.17, 15) is 0 Å². The van der Waals surface area contributed by atoms with Gasteiger partial charge in [-0.05, 0) is 43.4 Å². The third-order valence-corrected chi connectivity index (χ3v) is 4.10. The lowest BCUT2D eigenvalue weighted by atomic mass is 10.2. The predicted octanol–water partition coefficient (Wildman–Crippen LogP) is 3.62. The molecule has 0 radical (unpaired) electrons. The largest absolute Gasteiger partial charge is 0.363 e. The van der Waals surface area contributed by atoms with Gasteiger partial charge < -0.3 is 16.0 Å². The predicted molar refractivity (Wildman–Crippen MR) is 112 cm³/mol. The van der Waals surface area contributed by atoms with Crippen molar-refractivity contribution in [3.05, 3.63) is 54.9 Å². The van der Waals surface area contributed by atoms with Crippen LogP contribution in [0.1, 0.15) is 6.92 Å². The van der Waals surface area contributed by atoms with Gasteiger partial charge in [-0.2, -0.15) is 0 Å². The minimum absolute atomic E-state index is 0.502. The highest BCUT2D eigenvalue weighted by molar-refractivity contribution is 7.80. The quantitative estimate of drug-likeness (QED) is 0.466. The van der Waals surface area contributed by atoms with E-state index in [4.69, 9.17) is 12.2 Å². The van der Waals surface area contributed by atoms with E-state index in [1.807, 2.05) is 49.4 Å². The van der Waals surface area contributed by atoms with Crippen LogP contribution in [-0.2, 0) is 0 Å². The molecule has 0 saturated carbocycles. The number of benzene rings is 1. The molecule has 0 bridgehead atoms. The summed E-state index contributed by atoms with van der Waals surface area (Å²) >= 11 is 5.18. The van der Waals surface area contributed by atoms with Gasteiger partial charge in [-0.25, -0.2) is 15.0 Å². The zero-order chi connectivity index (χ0) is 18.6. The molecule has 3 heterocycles. The number of thiocarbonyl (C=S) groups is 1. The van der Waals surface area contributed by atoms with Gasteiger partial charge in [-0.3, -0.25) is 4.98 Å². The second-order valence-corrected chi connectivity index (χ2v) is 6.23. The second kappa shape index (κ2) is 7.46. The molecule has 4 aromatic rings. The maximum atomic E-state index is 5.18. The highest BCUT2D eigenvalue weighted by atomic mass is 32.1. The number of pyridine rings is 2. The molecular weight excluding hydrogens is 358 g/mol. The van der Waals surface area contributed by atoms with Crippen molar-refractivity contribution in [2.24, 2.45) is 0 Å². The Morgan fingerprint density at radius 1 is 0.963 bits per heavy atom. The molecule has 0 fully saturated rings. The minimum atomic E-state index is 0.502. The molecule has 0 aliphatic carbocycles. The average molecular weight is 375 g/mol. The van der Waals surface area contributed by atoms with E-state index in [1.165, 1.54) is 0 Å². The van der Waals surface area contributed by atoms with Crippen molar-refractivity contribution in [2.75, 3.05) is 17.2 Å². The van der Waals surface area contributed by atoms with Crippen LogP contribution in [0.15, 0.2) is 54.9 Å². The third-order valence-electron chi connectivity index (χ3n) is 3.85. The van der Waals surface area contributed by atoms with Crippen LogP contribution < -0.4 is 16.0 Å². The Morgan fingerprint density at radius 3 is 2.67 bits per heavy atom. The van der Waals surface area contributed by atoms with Gasteiger partial charge in [0.15, 0.2) is 16.6 Å². The smallest absolute Gasteiger partial charge is 0.182 e. The normalized spacial score (nSPS) is 10.7. The van der Waals surface area contributed by atoms with Crippen LogP contribution in [0.4, 0.5) is 17.3 Å². The Morgan fingerprint density at radius 2 is 1.78 bits per heavy atom. The van der Waals surface area contributed by atoms with Crippen molar-refractivity contribution in [1.29, 1.82) is 0 Å². The third kappa shape index (κ3) is 3.90. The lowest BCUT2D eigenvalue weighted by molar-refractivity contribution is 0.978. The molecule has 27 heavy (non-hydrogen) atoms. The van der Waals surface area contributed by atoms with Crippen molar-refractivity contribution >= 4 is 56.7 Å². The van der Waals surface area contributed by atoms with Crippen molar-refractivity contribution in [3.63, 3.8) is 0 Å². The van der Waals surface area contributed by atoms with Gasteiger partial charge in [0.2, 0.25) is 0 Å². The summed E-state index contributed by atoms with van der Waals surface area (Å²) in [5.74, 6) is 1.21. The first-order valence-electron chi connectivity index (χ1n) is 8.52. The monoisotopic (exact) mass is 375 g/mol. The number of fused-ring (bicyclic) bond motifs is 2. The average Bonchev–Trinajstić information content (AvgIpc) is 2.68. The summed E-state index contributed by atoms with van der Waals surface area (Å²) in [7, 11) is 0. The summed E-state index contributed by atoms with van der Waals surface area (Å²) < 4.78 is 0. The summed E-state index contributed by atoms with van der Waals surface area (Å²) in [6.45, 7) is 2.71. The fraction of sp³-hybridized carbons (Fsp3) is 0.105. The van der Waals surface area contributed by atoms with Crippen molar-refractivity contribution in [2.45, 2.75) is 6.92 Å². The maximum absolute atomic E-state index is 5.18. The summed E-state index contributed by atoms with van der Waals surface area (Å²) in [6.07, 6.45) is 3.42. The molecule has 0 amide bonds. The molecule has 134 valence electrons. The van der Waals surface area contributed by atoms with Crippen LogP contribution in [0.3, 0.4) is 0 Å². The van der Waals surface area contributed by atoms with Gasteiger partial charge in [-0.15, -0.1) is 0 Å². The van der Waals surface area contributed by atoms with Gasteiger partial charge in [-0.1, -0.05) is 18.2 Å². The fourth-order valence-corrected chi connectivity index (χ4v) is 2.88. The van der Waals surface area contributed by atoms with E-state index in [0.717, 1.165) is 23.1 Å². The zero-order valence-electron chi connectivity index (χ0n) is 14.6. The Bertz CT molecular complexity index is 1130. The van der Waals surface area contributed by atoms with Crippen molar-refractivity contribution in [3.8, 4) is 0 Å². The second-order valence-electron chi connectivity index (χ2n) is 5.82. The molecule has 3 N–H and O–H groups in total. The van der Waals surface area contributed by atoms with Crippen LogP contribution in [0.25, 0.3) is 22.1 Å². The van der Waals surface area contributed by atoms with Crippen LogP contribution >= 0.6 is 12.2 Å². The van der Waals surface area contributed by atoms with E-state index in [1.54, 1.807) is 12.4 Å². The van der Waals surface area contributed by atoms with E-state index in [0.29, 0.717) is 27.9 Å². The molecule has 0 saturated heterocycles. The first kappa shape index (κ1) is 17.0. The minimum Gasteiger partial charge on any atom is -0.363 e. The number of para-hydroxylation sites is 1. The fourth-order valence-electron chi connectivity index (χ4n) is 2.64. The molecule has 4 rings (SSSR count). The Labute approximate surface area is 161 Å². The van der Waals surface area contributed by atoms with Gasteiger partial charge in [0.05, 0.1) is 23.6 Å². The van der Waals surface area contributed by atoms with Gasteiger partial charge >= 0.3 is 0 Å². The van der Waals surface area contributed by atoms with Gasteiger partial charge in [0.1, 0.15) is 11.3 Å². The first-order valence-corrected chi connectivity index (χ1v) is 8.92. The van der Waals surface area contributed by atoms with Crippen molar-refractivity contribution < 1.29 is 0 Å². The van der Waals surface area contributed by atoms with Gasteiger partial charge in [0, 0.05) is 11.9 Å². The molecule has 0 atom stereocenters. The summed E-state index contributed by atoms with van der Waals surface area (Å²) in [4.78, 5) is 17.9. The molecule has 0 aliphatic rings. The molecule has 0 spiro atoms. The number of hydrogen-bond donors (Lipinski definition) is 3. The summed E-state index contributed by atoms with van der Waals surface area (Å²) in [6, 6.07) is 13.7. The summed E-state index contributed by atoms with van der Waals surface area (Å²) in [5.41, 5.74) is 3.04. The number of nitrogens with one attached hydrogen (secondary N) is 3. The lowest BCUT2D eigenvalue weighted by Gasteiger charge is -2.09. The van der Waals surface area contributed by atoms with E-state index >= 15 is 0 Å². The molecule has 8 heteroatoms. The molecule has 0 aliphatic heterocycles. The molecular formula is C19H17N7S. The van der Waals surface area contributed by atoms with Crippen molar-refractivity contribution in [1.82, 2.24) is 25.3 Å². The first-order chi connectivity index (χ1) is 13.2. The molecule has 7 nitrogen and oxygen atoms in total. The van der Waals surface area contributed by atoms with Gasteiger partial charge in [0.25, 0.3) is 0 Å². The number of rotatable bonds is 4. The van der Waals surface area contributed by atoms with Crippen LogP contribution in [-0.4, -0.2) is 31.6 Å². The lowest BCUT2D eigenvalue weighted by Crippen LogP contribution is -2.28. The standard InChI is InChI=1S/C19H17N7S/c1-2-20-19(27)26-17-11-22-15-7-8-16(24-18(15)25-17)23-13-9-12-5-3-4-6-14(12)21-10-13/h3-11H,2H2,1H3,(H3,20,23,24,25,26,27). The Kier molecular flexibility index (Phi) is 4.71. The SMILES string of the molecule is CCNC(=S)Nc1cnc2ccc(Nc3cnc4ccccc4c3)nc2n1. The number of aromatic nitrogens is 4. The number of hydrogen-bond acceptors (Lipinski definition) is 6. The highest BCUT2D eigenvalue weighted by Crippen LogP contribution is 2.20.